The minimum absolute atomic E-state index is 0.122. The maximum Gasteiger partial charge on any atom is 0.239 e. The molecular formula is C21H23FN4OS. The number of carbonyl (C=O) groups is 1. The van der Waals surface area contributed by atoms with Gasteiger partial charge in [0.05, 0.1) is 24.8 Å². The van der Waals surface area contributed by atoms with E-state index in [2.05, 4.69) is 15.7 Å². The van der Waals surface area contributed by atoms with E-state index in [9.17, 15) is 9.18 Å². The van der Waals surface area contributed by atoms with Crippen molar-refractivity contribution in [2.75, 3.05) is 11.9 Å². The third kappa shape index (κ3) is 4.31. The first-order chi connectivity index (χ1) is 13.7. The third-order valence-corrected chi connectivity index (χ3v) is 6.04. The van der Waals surface area contributed by atoms with Crippen molar-refractivity contribution in [2.45, 2.75) is 37.8 Å². The summed E-state index contributed by atoms with van der Waals surface area (Å²) in [6, 6.07) is 12.4. The lowest BCUT2D eigenvalue weighted by Crippen LogP contribution is -2.32. The number of rotatable bonds is 7. The molecule has 28 heavy (non-hydrogen) atoms. The van der Waals surface area contributed by atoms with Gasteiger partial charge in [-0.3, -0.25) is 10.1 Å². The Kier molecular flexibility index (Phi) is 5.83. The van der Waals surface area contributed by atoms with Crippen molar-refractivity contribution in [2.24, 2.45) is 0 Å². The lowest BCUT2D eigenvalue weighted by atomic mass is 10.1. The van der Waals surface area contributed by atoms with E-state index in [4.69, 9.17) is 0 Å². The van der Waals surface area contributed by atoms with Crippen LogP contribution in [0.3, 0.4) is 0 Å². The summed E-state index contributed by atoms with van der Waals surface area (Å²) in [6.45, 7) is 0.149. The molecule has 1 saturated carbocycles. The molecule has 2 aromatic heterocycles. The van der Waals surface area contributed by atoms with E-state index in [1.807, 2.05) is 28.3 Å². The molecule has 3 aromatic rings. The van der Waals surface area contributed by atoms with E-state index in [1.165, 1.54) is 25.0 Å². The van der Waals surface area contributed by atoms with Crippen LogP contribution in [0.1, 0.15) is 48.2 Å². The monoisotopic (exact) mass is 398 g/mol. The molecule has 0 spiro atoms. The molecule has 1 aromatic carbocycles. The van der Waals surface area contributed by atoms with Gasteiger partial charge >= 0.3 is 0 Å². The fraction of sp³-hybridized carbons (Fsp3) is 0.333. The average molecular weight is 399 g/mol. The number of thiophene rings is 1. The van der Waals surface area contributed by atoms with Crippen LogP contribution in [0, 0.1) is 5.82 Å². The van der Waals surface area contributed by atoms with Gasteiger partial charge < -0.3 is 5.32 Å². The Bertz CT molecular complexity index is 901. The minimum atomic E-state index is -0.272. The zero-order valence-corrected chi connectivity index (χ0v) is 16.3. The molecule has 1 fully saturated rings. The number of nitrogens with zero attached hydrogens (tertiary/aromatic N) is 2. The summed E-state index contributed by atoms with van der Waals surface area (Å²) in [5.74, 6) is 0.350. The lowest BCUT2D eigenvalue weighted by Gasteiger charge is -2.19. The number of nitrogens with one attached hydrogen (secondary N) is 2. The van der Waals surface area contributed by atoms with Crippen LogP contribution in [0.4, 0.5) is 10.2 Å². The van der Waals surface area contributed by atoms with Gasteiger partial charge in [0.1, 0.15) is 11.6 Å². The van der Waals surface area contributed by atoms with Crippen LogP contribution >= 0.6 is 11.3 Å². The topological polar surface area (TPSA) is 59.0 Å². The van der Waals surface area contributed by atoms with E-state index in [-0.39, 0.29) is 24.3 Å². The van der Waals surface area contributed by atoms with Gasteiger partial charge in [-0.15, -0.1) is 11.3 Å². The zero-order chi connectivity index (χ0) is 19.3. The largest absolute Gasteiger partial charge is 0.310 e. The number of benzene rings is 1. The molecule has 146 valence electrons. The second kappa shape index (κ2) is 8.67. The van der Waals surface area contributed by atoms with Crippen LogP contribution in [0.25, 0.3) is 0 Å². The quantitative estimate of drug-likeness (QED) is 0.615. The number of halogens is 1. The van der Waals surface area contributed by atoms with Crippen LogP contribution in [-0.2, 0) is 4.79 Å². The summed E-state index contributed by atoms with van der Waals surface area (Å²) in [6.07, 6.45) is 6.36. The summed E-state index contributed by atoms with van der Waals surface area (Å²) in [7, 11) is 0. The summed E-state index contributed by atoms with van der Waals surface area (Å²) >= 11 is 1.60. The van der Waals surface area contributed by atoms with E-state index in [1.54, 1.807) is 29.7 Å². The first kappa shape index (κ1) is 18.8. The second-order valence-corrected chi connectivity index (χ2v) is 8.01. The third-order valence-electron chi connectivity index (χ3n) is 5.11. The van der Waals surface area contributed by atoms with E-state index < -0.39 is 0 Å². The van der Waals surface area contributed by atoms with Crippen LogP contribution in [0.15, 0.2) is 54.0 Å². The Morgan fingerprint density at radius 1 is 1.21 bits per heavy atom. The van der Waals surface area contributed by atoms with Gasteiger partial charge in [0, 0.05) is 10.9 Å². The van der Waals surface area contributed by atoms with Crippen molar-refractivity contribution in [3.05, 3.63) is 70.3 Å². The SMILES string of the molecule is O=C(CNC(c1ccc(F)cc1)c1cccs1)Nc1ccnn1C1CCCC1. The molecule has 0 bridgehead atoms. The number of amides is 1. The summed E-state index contributed by atoms with van der Waals surface area (Å²) in [5, 5.41) is 12.7. The number of hydrogen-bond acceptors (Lipinski definition) is 4. The Morgan fingerprint density at radius 3 is 2.71 bits per heavy atom. The molecule has 1 amide bonds. The van der Waals surface area contributed by atoms with Crippen LogP contribution < -0.4 is 10.6 Å². The van der Waals surface area contributed by atoms with Crippen molar-refractivity contribution in [1.29, 1.82) is 0 Å². The van der Waals surface area contributed by atoms with Crippen molar-refractivity contribution >= 4 is 23.1 Å². The number of anilines is 1. The van der Waals surface area contributed by atoms with Crippen molar-refractivity contribution < 1.29 is 9.18 Å². The Morgan fingerprint density at radius 2 is 2.00 bits per heavy atom. The lowest BCUT2D eigenvalue weighted by molar-refractivity contribution is -0.115. The minimum Gasteiger partial charge on any atom is -0.310 e. The van der Waals surface area contributed by atoms with Crippen LogP contribution in [0.2, 0.25) is 0 Å². The molecule has 0 saturated heterocycles. The van der Waals surface area contributed by atoms with Crippen molar-refractivity contribution in [3.63, 3.8) is 0 Å². The summed E-state index contributed by atoms with van der Waals surface area (Å²) < 4.78 is 15.2. The molecule has 2 heterocycles. The Labute approximate surface area is 167 Å². The molecule has 1 unspecified atom stereocenters. The molecule has 1 aliphatic rings. The van der Waals surface area contributed by atoms with Gasteiger partial charge in [0.2, 0.25) is 5.91 Å². The number of carbonyl (C=O) groups excluding carboxylic acids is 1. The predicted molar refractivity (Wildman–Crippen MR) is 109 cm³/mol. The normalized spacial score (nSPS) is 15.6. The fourth-order valence-electron chi connectivity index (χ4n) is 3.73. The van der Waals surface area contributed by atoms with Gasteiger partial charge in [0.25, 0.3) is 0 Å². The molecular weight excluding hydrogens is 375 g/mol. The Hall–Kier alpha value is -2.51. The van der Waals surface area contributed by atoms with Gasteiger partial charge in [-0.1, -0.05) is 31.0 Å². The molecule has 5 nitrogen and oxygen atoms in total. The fourth-order valence-corrected chi connectivity index (χ4v) is 4.56. The number of hydrogen-bond donors (Lipinski definition) is 2. The smallest absolute Gasteiger partial charge is 0.239 e. The molecule has 2 N–H and O–H groups in total. The van der Waals surface area contributed by atoms with Gasteiger partial charge in [-0.25, -0.2) is 9.07 Å². The maximum absolute atomic E-state index is 13.3. The predicted octanol–water partition coefficient (Wildman–Crippen LogP) is 4.52. The molecule has 4 rings (SSSR count). The highest BCUT2D eigenvalue weighted by atomic mass is 32.1. The highest BCUT2D eigenvalue weighted by molar-refractivity contribution is 7.10. The maximum atomic E-state index is 13.3. The highest BCUT2D eigenvalue weighted by Gasteiger charge is 2.21. The van der Waals surface area contributed by atoms with E-state index in [0.717, 1.165) is 29.1 Å². The zero-order valence-electron chi connectivity index (χ0n) is 15.5. The van der Waals surface area contributed by atoms with Crippen LogP contribution in [-0.4, -0.2) is 22.2 Å². The summed E-state index contributed by atoms with van der Waals surface area (Å²) in [5.41, 5.74) is 0.924. The van der Waals surface area contributed by atoms with E-state index in [0.29, 0.717) is 6.04 Å². The van der Waals surface area contributed by atoms with Gasteiger partial charge in [-0.05, 0) is 42.0 Å². The highest BCUT2D eigenvalue weighted by Crippen LogP contribution is 2.31. The summed E-state index contributed by atoms with van der Waals surface area (Å²) in [4.78, 5) is 13.6. The average Bonchev–Trinajstić information content (AvgIpc) is 3.46. The van der Waals surface area contributed by atoms with E-state index >= 15 is 0 Å². The van der Waals surface area contributed by atoms with Gasteiger partial charge in [-0.2, -0.15) is 5.10 Å². The second-order valence-electron chi connectivity index (χ2n) is 7.03. The molecule has 0 radical (unpaired) electrons. The first-order valence-electron chi connectivity index (χ1n) is 9.56. The van der Waals surface area contributed by atoms with Crippen LogP contribution in [0.5, 0.6) is 0 Å². The van der Waals surface area contributed by atoms with Crippen molar-refractivity contribution in [3.8, 4) is 0 Å². The number of aromatic nitrogens is 2. The molecule has 0 aliphatic heterocycles. The van der Waals surface area contributed by atoms with Gasteiger partial charge in [0.15, 0.2) is 0 Å². The standard InChI is InChI=1S/C21H23FN4OS/c22-16-9-7-15(8-10-16)21(18-6-3-13-28-18)23-14-20(27)25-19-11-12-24-26(19)17-4-1-2-5-17/h3,6-13,17,21,23H,1-2,4-5,14H2,(H,25,27). The molecule has 1 aliphatic carbocycles. The molecule has 1 atom stereocenters. The van der Waals surface area contributed by atoms with Crippen molar-refractivity contribution in [1.82, 2.24) is 15.1 Å². The first-order valence-corrected chi connectivity index (χ1v) is 10.4. The Balaban J connectivity index is 1.42. The molecule has 7 heteroatoms.